The van der Waals surface area contributed by atoms with Crippen LogP contribution in [0.15, 0.2) is 47.4 Å². The van der Waals surface area contributed by atoms with Crippen molar-refractivity contribution in [2.75, 3.05) is 7.05 Å². The summed E-state index contributed by atoms with van der Waals surface area (Å²) in [6, 6.07) is 9.23. The molecule has 0 saturated carbocycles. The van der Waals surface area contributed by atoms with Crippen molar-refractivity contribution in [3.63, 3.8) is 0 Å². The van der Waals surface area contributed by atoms with Gasteiger partial charge >= 0.3 is 0 Å². The highest BCUT2D eigenvalue weighted by Gasteiger charge is 2.27. The van der Waals surface area contributed by atoms with E-state index in [4.69, 9.17) is 23.2 Å². The maximum atomic E-state index is 13.3. The molecule has 2 aromatic carbocycles. The molecule has 0 bridgehead atoms. The van der Waals surface area contributed by atoms with Gasteiger partial charge in [-0.05, 0) is 42.8 Å². The van der Waals surface area contributed by atoms with Gasteiger partial charge in [-0.3, -0.25) is 0 Å². The summed E-state index contributed by atoms with van der Waals surface area (Å²) in [5, 5.41) is 0.845. The van der Waals surface area contributed by atoms with Crippen molar-refractivity contribution in [3.8, 4) is 0 Å². The molecule has 0 aliphatic carbocycles. The molecule has 0 heterocycles. The fourth-order valence-corrected chi connectivity index (χ4v) is 3.98. The number of hydrogen-bond donors (Lipinski definition) is 0. The van der Waals surface area contributed by atoms with Crippen LogP contribution < -0.4 is 0 Å². The lowest BCUT2D eigenvalue weighted by molar-refractivity contribution is 0.398. The first kappa shape index (κ1) is 17.2. The standard InChI is InChI=1S/C15H14Cl2FNO2S/c1-10(14-7-6-11(16)8-15(14)17)19(2)22(20,21)13-5-3-4-12(18)9-13/h3-10H,1-2H3. The number of nitrogens with zero attached hydrogens (tertiary/aromatic N) is 1. The first-order chi connectivity index (χ1) is 10.2. The van der Waals surface area contributed by atoms with Gasteiger partial charge < -0.3 is 0 Å². The maximum Gasteiger partial charge on any atom is 0.243 e. The van der Waals surface area contributed by atoms with Gasteiger partial charge in [0, 0.05) is 23.1 Å². The fourth-order valence-electron chi connectivity index (χ4n) is 2.04. The Morgan fingerprint density at radius 1 is 1.14 bits per heavy atom. The Morgan fingerprint density at radius 3 is 2.41 bits per heavy atom. The number of sulfonamides is 1. The van der Waals surface area contributed by atoms with Crippen LogP contribution in [-0.2, 0) is 10.0 Å². The third-order valence-corrected chi connectivity index (χ3v) is 5.92. The third kappa shape index (κ3) is 3.43. The maximum absolute atomic E-state index is 13.3. The van der Waals surface area contributed by atoms with Gasteiger partial charge in [0.1, 0.15) is 5.82 Å². The van der Waals surface area contributed by atoms with Crippen molar-refractivity contribution in [2.45, 2.75) is 17.9 Å². The molecule has 0 radical (unpaired) electrons. The predicted octanol–water partition coefficient (Wildman–Crippen LogP) is 4.51. The van der Waals surface area contributed by atoms with Gasteiger partial charge in [0.05, 0.1) is 4.90 Å². The normalized spacial score (nSPS) is 13.4. The van der Waals surface area contributed by atoms with Crippen LogP contribution in [0.4, 0.5) is 4.39 Å². The number of hydrogen-bond acceptors (Lipinski definition) is 2. The van der Waals surface area contributed by atoms with Gasteiger partial charge in [-0.2, -0.15) is 4.31 Å². The summed E-state index contributed by atoms with van der Waals surface area (Å²) in [5.74, 6) is -0.605. The molecule has 7 heteroatoms. The Bertz CT molecular complexity index is 796. The van der Waals surface area contributed by atoms with Gasteiger partial charge in [-0.1, -0.05) is 35.3 Å². The van der Waals surface area contributed by atoms with Crippen molar-refractivity contribution in [2.24, 2.45) is 0 Å². The summed E-state index contributed by atoms with van der Waals surface area (Å²) in [4.78, 5) is -0.105. The molecular formula is C15H14Cl2FNO2S. The van der Waals surface area contributed by atoms with Crippen LogP contribution in [0.1, 0.15) is 18.5 Å². The highest BCUT2D eigenvalue weighted by atomic mass is 35.5. The summed E-state index contributed by atoms with van der Waals surface area (Å²) in [6.07, 6.45) is 0. The zero-order chi connectivity index (χ0) is 16.5. The average molecular weight is 362 g/mol. The summed E-state index contributed by atoms with van der Waals surface area (Å²) in [7, 11) is -2.41. The van der Waals surface area contributed by atoms with Crippen LogP contribution in [0.25, 0.3) is 0 Å². The molecule has 3 nitrogen and oxygen atoms in total. The second kappa shape index (κ2) is 6.54. The summed E-state index contributed by atoms with van der Waals surface area (Å²) in [6.45, 7) is 1.70. The van der Waals surface area contributed by atoms with E-state index < -0.39 is 21.9 Å². The molecule has 0 fully saturated rings. The van der Waals surface area contributed by atoms with Crippen molar-refractivity contribution in [1.82, 2.24) is 4.31 Å². The van der Waals surface area contributed by atoms with Gasteiger partial charge in [0.25, 0.3) is 0 Å². The fraction of sp³-hybridized carbons (Fsp3) is 0.200. The van der Waals surface area contributed by atoms with Crippen LogP contribution >= 0.6 is 23.2 Å². The lowest BCUT2D eigenvalue weighted by atomic mass is 10.1. The molecule has 0 aliphatic rings. The molecule has 0 amide bonds. The van der Waals surface area contributed by atoms with Gasteiger partial charge in [-0.25, -0.2) is 12.8 Å². The lowest BCUT2D eigenvalue weighted by Crippen LogP contribution is -2.30. The van der Waals surface area contributed by atoms with Crippen LogP contribution in [0.2, 0.25) is 10.0 Å². The molecule has 1 atom stereocenters. The van der Waals surface area contributed by atoms with Crippen LogP contribution in [0.5, 0.6) is 0 Å². The minimum atomic E-state index is -3.83. The van der Waals surface area contributed by atoms with E-state index in [1.165, 1.54) is 25.2 Å². The summed E-state index contributed by atoms with van der Waals surface area (Å²) < 4.78 is 39.6. The number of halogens is 3. The van der Waals surface area contributed by atoms with Crippen LogP contribution in [0.3, 0.4) is 0 Å². The van der Waals surface area contributed by atoms with E-state index in [0.29, 0.717) is 15.6 Å². The first-order valence-corrected chi connectivity index (χ1v) is 8.61. The quantitative estimate of drug-likeness (QED) is 0.802. The van der Waals surface area contributed by atoms with Gasteiger partial charge in [0.2, 0.25) is 10.0 Å². The first-order valence-electron chi connectivity index (χ1n) is 6.42. The molecular weight excluding hydrogens is 348 g/mol. The highest BCUT2D eigenvalue weighted by molar-refractivity contribution is 7.89. The van der Waals surface area contributed by atoms with Crippen molar-refractivity contribution in [3.05, 3.63) is 63.9 Å². The Kier molecular flexibility index (Phi) is 5.12. The largest absolute Gasteiger partial charge is 0.243 e. The van der Waals surface area contributed by atoms with E-state index in [2.05, 4.69) is 0 Å². The average Bonchev–Trinajstić information content (AvgIpc) is 2.45. The van der Waals surface area contributed by atoms with Crippen LogP contribution in [0, 0.1) is 5.82 Å². The summed E-state index contributed by atoms with van der Waals surface area (Å²) >= 11 is 12.0. The third-order valence-electron chi connectivity index (χ3n) is 3.43. The van der Waals surface area contributed by atoms with E-state index in [1.807, 2.05) is 0 Å². The molecule has 0 spiro atoms. The Labute approximate surface area is 139 Å². The Morgan fingerprint density at radius 2 is 1.82 bits per heavy atom. The van der Waals surface area contributed by atoms with Crippen molar-refractivity contribution < 1.29 is 12.8 Å². The zero-order valence-electron chi connectivity index (χ0n) is 11.9. The molecule has 118 valence electrons. The van der Waals surface area contributed by atoms with E-state index in [0.717, 1.165) is 10.4 Å². The van der Waals surface area contributed by atoms with E-state index in [1.54, 1.807) is 25.1 Å². The molecule has 22 heavy (non-hydrogen) atoms. The van der Waals surface area contributed by atoms with Gasteiger partial charge in [-0.15, -0.1) is 0 Å². The van der Waals surface area contributed by atoms with E-state index in [9.17, 15) is 12.8 Å². The molecule has 2 rings (SSSR count). The second-order valence-corrected chi connectivity index (χ2v) is 7.66. The monoisotopic (exact) mass is 361 g/mol. The molecule has 0 aliphatic heterocycles. The van der Waals surface area contributed by atoms with Crippen molar-refractivity contribution >= 4 is 33.2 Å². The molecule has 1 unspecified atom stereocenters. The number of rotatable bonds is 4. The highest BCUT2D eigenvalue weighted by Crippen LogP contribution is 2.32. The molecule has 2 aromatic rings. The Balaban J connectivity index is 2.39. The molecule has 0 saturated heterocycles. The van der Waals surface area contributed by atoms with E-state index in [-0.39, 0.29) is 4.90 Å². The topological polar surface area (TPSA) is 37.4 Å². The number of benzene rings is 2. The SMILES string of the molecule is CC(c1ccc(Cl)cc1Cl)N(C)S(=O)(=O)c1cccc(F)c1. The van der Waals surface area contributed by atoms with Crippen molar-refractivity contribution in [1.29, 1.82) is 0 Å². The second-order valence-electron chi connectivity index (χ2n) is 4.82. The van der Waals surface area contributed by atoms with Gasteiger partial charge in [0.15, 0.2) is 0 Å². The minimum absolute atomic E-state index is 0.105. The molecule has 0 aromatic heterocycles. The predicted molar refractivity (Wildman–Crippen MR) is 86.2 cm³/mol. The van der Waals surface area contributed by atoms with E-state index >= 15 is 0 Å². The van der Waals surface area contributed by atoms with Crippen LogP contribution in [-0.4, -0.2) is 19.8 Å². The smallest absolute Gasteiger partial charge is 0.207 e. The zero-order valence-corrected chi connectivity index (χ0v) is 14.3. The lowest BCUT2D eigenvalue weighted by Gasteiger charge is -2.25. The Hall–Kier alpha value is -1.14. The minimum Gasteiger partial charge on any atom is -0.207 e. The molecule has 0 N–H and O–H groups in total. The summed E-state index contributed by atoms with van der Waals surface area (Å²) in [5.41, 5.74) is 0.619.